The van der Waals surface area contributed by atoms with Crippen LogP contribution in [0.3, 0.4) is 0 Å². The maximum atomic E-state index is 5.58. The summed E-state index contributed by atoms with van der Waals surface area (Å²) in [7, 11) is 0. The van der Waals surface area contributed by atoms with Crippen LogP contribution >= 0.6 is 0 Å². The lowest BCUT2D eigenvalue weighted by atomic mass is 9.99. The van der Waals surface area contributed by atoms with E-state index in [1.165, 1.54) is 58.2 Å². The summed E-state index contributed by atoms with van der Waals surface area (Å²) in [6, 6.07) is 0. The molecule has 0 bridgehead atoms. The fourth-order valence-electron chi connectivity index (χ4n) is 2.50. The zero-order valence-corrected chi connectivity index (χ0v) is 10.4. The van der Waals surface area contributed by atoms with E-state index < -0.39 is 0 Å². The van der Waals surface area contributed by atoms with Crippen LogP contribution in [0.1, 0.15) is 51.9 Å². The van der Waals surface area contributed by atoms with Gasteiger partial charge in [0.05, 0.1) is 0 Å². The highest BCUT2D eigenvalue weighted by Crippen LogP contribution is 2.15. The number of hydrogen-bond donors (Lipinski definition) is 1. The Kier molecular flexibility index (Phi) is 7.03. The van der Waals surface area contributed by atoms with Gasteiger partial charge in [-0.25, -0.2) is 0 Å². The van der Waals surface area contributed by atoms with E-state index in [1.807, 2.05) is 0 Å². The van der Waals surface area contributed by atoms with Crippen LogP contribution in [0.2, 0.25) is 0 Å². The molecule has 0 aromatic rings. The van der Waals surface area contributed by atoms with Gasteiger partial charge in [0.25, 0.3) is 0 Å². The molecule has 0 aromatic heterocycles. The standard InChI is InChI=1S/C13H28N2/c1-13-8-5-3-2-4-6-10-15(12-13)11-7-9-14/h13H,2-12,14H2,1H3/t13-/m1/s1. The SMILES string of the molecule is C[C@@H]1CCCCCCCN(CCCN)C1. The number of hydrogen-bond acceptors (Lipinski definition) is 2. The first-order valence-electron chi connectivity index (χ1n) is 6.75. The molecular weight excluding hydrogens is 184 g/mol. The molecule has 1 heterocycles. The number of nitrogens with zero attached hydrogens (tertiary/aromatic N) is 1. The van der Waals surface area contributed by atoms with Crippen molar-refractivity contribution in [1.29, 1.82) is 0 Å². The van der Waals surface area contributed by atoms with E-state index in [-0.39, 0.29) is 0 Å². The van der Waals surface area contributed by atoms with Crippen molar-refractivity contribution in [2.45, 2.75) is 51.9 Å². The third-order valence-electron chi connectivity index (χ3n) is 3.42. The normalized spacial score (nSPS) is 26.4. The molecule has 0 aliphatic carbocycles. The highest BCUT2D eigenvalue weighted by molar-refractivity contribution is 4.66. The second kappa shape index (κ2) is 8.12. The zero-order chi connectivity index (χ0) is 10.9. The van der Waals surface area contributed by atoms with Crippen molar-refractivity contribution in [3.63, 3.8) is 0 Å². The smallest absolute Gasteiger partial charge is 0.000703 e. The molecule has 90 valence electrons. The van der Waals surface area contributed by atoms with Crippen molar-refractivity contribution < 1.29 is 0 Å². The fourth-order valence-corrected chi connectivity index (χ4v) is 2.50. The van der Waals surface area contributed by atoms with E-state index in [2.05, 4.69) is 11.8 Å². The highest BCUT2D eigenvalue weighted by Gasteiger charge is 2.11. The fraction of sp³-hybridized carbons (Fsp3) is 1.00. The Hall–Kier alpha value is -0.0800. The Labute approximate surface area is 95.2 Å². The molecule has 1 aliphatic heterocycles. The molecule has 0 saturated carbocycles. The van der Waals surface area contributed by atoms with Gasteiger partial charge in [0.1, 0.15) is 0 Å². The molecule has 0 radical (unpaired) electrons. The van der Waals surface area contributed by atoms with Gasteiger partial charge in [0.2, 0.25) is 0 Å². The predicted octanol–water partition coefficient (Wildman–Crippen LogP) is 2.63. The van der Waals surface area contributed by atoms with Gasteiger partial charge < -0.3 is 10.6 Å². The van der Waals surface area contributed by atoms with Crippen LogP contribution in [0.25, 0.3) is 0 Å². The molecule has 2 nitrogen and oxygen atoms in total. The van der Waals surface area contributed by atoms with Crippen LogP contribution in [0.15, 0.2) is 0 Å². The van der Waals surface area contributed by atoms with Crippen LogP contribution in [0.5, 0.6) is 0 Å². The van der Waals surface area contributed by atoms with Crippen LogP contribution in [-0.2, 0) is 0 Å². The van der Waals surface area contributed by atoms with Gasteiger partial charge in [-0.1, -0.05) is 32.6 Å². The summed E-state index contributed by atoms with van der Waals surface area (Å²) in [6.45, 7) is 7.03. The number of rotatable bonds is 3. The van der Waals surface area contributed by atoms with Gasteiger partial charge in [0, 0.05) is 6.54 Å². The van der Waals surface area contributed by atoms with E-state index >= 15 is 0 Å². The minimum atomic E-state index is 0.838. The molecule has 1 atom stereocenters. The number of nitrogens with two attached hydrogens (primary N) is 1. The van der Waals surface area contributed by atoms with Gasteiger partial charge in [0.15, 0.2) is 0 Å². The van der Waals surface area contributed by atoms with E-state index in [4.69, 9.17) is 5.73 Å². The molecule has 0 amide bonds. The lowest BCUT2D eigenvalue weighted by Gasteiger charge is -2.26. The average Bonchev–Trinajstić information content (AvgIpc) is 2.24. The monoisotopic (exact) mass is 212 g/mol. The van der Waals surface area contributed by atoms with Gasteiger partial charge >= 0.3 is 0 Å². The topological polar surface area (TPSA) is 29.3 Å². The first-order valence-corrected chi connectivity index (χ1v) is 6.75. The molecule has 15 heavy (non-hydrogen) atoms. The van der Waals surface area contributed by atoms with Crippen molar-refractivity contribution in [1.82, 2.24) is 4.90 Å². The molecule has 1 aliphatic rings. The summed E-state index contributed by atoms with van der Waals surface area (Å²) >= 11 is 0. The summed E-state index contributed by atoms with van der Waals surface area (Å²) in [6.07, 6.45) is 9.72. The lowest BCUT2D eigenvalue weighted by molar-refractivity contribution is 0.218. The Balaban J connectivity index is 2.29. The molecule has 2 heteroatoms. The Morgan fingerprint density at radius 3 is 2.67 bits per heavy atom. The summed E-state index contributed by atoms with van der Waals surface area (Å²) < 4.78 is 0. The van der Waals surface area contributed by atoms with Crippen molar-refractivity contribution in [3.05, 3.63) is 0 Å². The minimum absolute atomic E-state index is 0.838. The van der Waals surface area contributed by atoms with Crippen molar-refractivity contribution >= 4 is 0 Å². The summed E-state index contributed by atoms with van der Waals surface area (Å²) in [5, 5.41) is 0. The van der Waals surface area contributed by atoms with E-state index in [0.717, 1.165) is 18.9 Å². The Bertz CT molecular complexity index is 147. The van der Waals surface area contributed by atoms with E-state index in [0.29, 0.717) is 0 Å². The molecule has 1 rings (SSSR count). The molecule has 0 aromatic carbocycles. The van der Waals surface area contributed by atoms with Crippen molar-refractivity contribution in [3.8, 4) is 0 Å². The second-order valence-corrected chi connectivity index (χ2v) is 5.10. The first-order chi connectivity index (χ1) is 7.33. The van der Waals surface area contributed by atoms with Gasteiger partial charge in [-0.2, -0.15) is 0 Å². The third-order valence-corrected chi connectivity index (χ3v) is 3.42. The Morgan fingerprint density at radius 1 is 1.13 bits per heavy atom. The molecular formula is C13H28N2. The van der Waals surface area contributed by atoms with Gasteiger partial charge in [-0.15, -0.1) is 0 Å². The van der Waals surface area contributed by atoms with E-state index in [1.54, 1.807) is 0 Å². The molecule has 0 spiro atoms. The lowest BCUT2D eigenvalue weighted by Crippen LogP contribution is -2.32. The summed E-state index contributed by atoms with van der Waals surface area (Å²) in [4.78, 5) is 2.63. The van der Waals surface area contributed by atoms with E-state index in [9.17, 15) is 0 Å². The quantitative estimate of drug-likeness (QED) is 0.779. The maximum absolute atomic E-state index is 5.58. The molecule has 1 saturated heterocycles. The van der Waals surface area contributed by atoms with Crippen LogP contribution in [0.4, 0.5) is 0 Å². The second-order valence-electron chi connectivity index (χ2n) is 5.10. The third kappa shape index (κ3) is 6.16. The largest absolute Gasteiger partial charge is 0.330 e. The summed E-state index contributed by atoms with van der Waals surface area (Å²) in [5.41, 5.74) is 5.58. The van der Waals surface area contributed by atoms with Crippen molar-refractivity contribution in [2.75, 3.05) is 26.2 Å². The van der Waals surface area contributed by atoms with Gasteiger partial charge in [-0.05, 0) is 44.8 Å². The first kappa shape index (κ1) is 13.0. The molecule has 1 fully saturated rings. The highest BCUT2D eigenvalue weighted by atomic mass is 15.1. The van der Waals surface area contributed by atoms with Gasteiger partial charge in [-0.3, -0.25) is 0 Å². The molecule has 2 N–H and O–H groups in total. The predicted molar refractivity (Wildman–Crippen MR) is 67.0 cm³/mol. The minimum Gasteiger partial charge on any atom is -0.330 e. The zero-order valence-electron chi connectivity index (χ0n) is 10.4. The Morgan fingerprint density at radius 2 is 1.87 bits per heavy atom. The van der Waals surface area contributed by atoms with Crippen LogP contribution in [0, 0.1) is 5.92 Å². The maximum Gasteiger partial charge on any atom is 0.000703 e. The van der Waals surface area contributed by atoms with Crippen molar-refractivity contribution in [2.24, 2.45) is 11.7 Å². The average molecular weight is 212 g/mol. The molecule has 0 unspecified atom stereocenters. The summed E-state index contributed by atoms with van der Waals surface area (Å²) in [5.74, 6) is 0.876. The van der Waals surface area contributed by atoms with Crippen LogP contribution < -0.4 is 5.73 Å². The van der Waals surface area contributed by atoms with Crippen LogP contribution in [-0.4, -0.2) is 31.1 Å².